The van der Waals surface area contributed by atoms with Crippen LogP contribution < -0.4 is 9.04 Å². The van der Waals surface area contributed by atoms with Gasteiger partial charge >= 0.3 is 5.97 Å². The molecule has 0 N–H and O–H groups in total. The average Bonchev–Trinajstić information content (AvgIpc) is 3.06. The van der Waals surface area contributed by atoms with Crippen LogP contribution in [0, 0.1) is 0 Å². The van der Waals surface area contributed by atoms with E-state index in [2.05, 4.69) is 5.16 Å². The van der Waals surface area contributed by atoms with Gasteiger partial charge in [-0.25, -0.2) is 13.2 Å². The number of benzene rings is 5. The number of anilines is 1. The molecule has 5 rings (SSSR count). The van der Waals surface area contributed by atoms with Gasteiger partial charge in [-0.1, -0.05) is 90.1 Å². The number of methoxy groups -OCH3 is 1. The zero-order valence-electron chi connectivity index (χ0n) is 23.0. The Bertz CT molecular complexity index is 1860. The highest BCUT2D eigenvalue weighted by atomic mass is 32.2. The highest BCUT2D eigenvalue weighted by Gasteiger charge is 2.34. The van der Waals surface area contributed by atoms with Crippen molar-refractivity contribution >= 4 is 33.3 Å². The molecule has 0 bridgehead atoms. The molecule has 43 heavy (non-hydrogen) atoms. The summed E-state index contributed by atoms with van der Waals surface area (Å²) >= 11 is 0. The van der Waals surface area contributed by atoms with Crippen molar-refractivity contribution in [2.24, 2.45) is 5.16 Å². The molecule has 5 aromatic carbocycles. The van der Waals surface area contributed by atoms with E-state index in [-0.39, 0.29) is 33.0 Å². The van der Waals surface area contributed by atoms with E-state index in [1.165, 1.54) is 49.6 Å². The number of nitrogens with zero attached hydrogens (tertiary/aromatic N) is 2. The second kappa shape index (κ2) is 13.0. The molecular formula is C34H26N2O6S. The van der Waals surface area contributed by atoms with E-state index in [1.54, 1.807) is 91.0 Å². The largest absolute Gasteiger partial charge is 0.497 e. The van der Waals surface area contributed by atoms with Crippen LogP contribution in [0.4, 0.5) is 5.69 Å². The third-order valence-electron chi connectivity index (χ3n) is 6.46. The van der Waals surface area contributed by atoms with Crippen molar-refractivity contribution in [2.45, 2.75) is 4.90 Å². The molecular weight excluding hydrogens is 564 g/mol. The van der Waals surface area contributed by atoms with E-state index in [1.807, 2.05) is 6.07 Å². The van der Waals surface area contributed by atoms with E-state index < -0.39 is 21.9 Å². The SMILES string of the molecule is COc1ccc(S(=O)(=O)N(C(=O)c2ccccc2)c2ccccc2/C(=N\OC(=O)c2ccccc2)c2ccccc2)cc1. The van der Waals surface area contributed by atoms with Crippen LogP contribution in [0.5, 0.6) is 5.75 Å². The summed E-state index contributed by atoms with van der Waals surface area (Å²) < 4.78 is 34.4. The van der Waals surface area contributed by atoms with Gasteiger partial charge in [-0.05, 0) is 54.6 Å². The van der Waals surface area contributed by atoms with Gasteiger partial charge in [0.1, 0.15) is 11.5 Å². The number of carbonyl (C=O) groups is 2. The molecule has 0 saturated heterocycles. The molecule has 0 aromatic heterocycles. The van der Waals surface area contributed by atoms with E-state index in [9.17, 15) is 18.0 Å². The summed E-state index contributed by atoms with van der Waals surface area (Å²) in [7, 11) is -3.00. The summed E-state index contributed by atoms with van der Waals surface area (Å²) in [4.78, 5) is 32.1. The molecule has 0 aliphatic rings. The fraction of sp³-hybridized carbons (Fsp3) is 0.0294. The van der Waals surface area contributed by atoms with E-state index >= 15 is 0 Å². The lowest BCUT2D eigenvalue weighted by atomic mass is 10.0. The Morgan fingerprint density at radius 1 is 0.628 bits per heavy atom. The quantitative estimate of drug-likeness (QED) is 0.113. The molecule has 5 aromatic rings. The molecule has 0 aliphatic carbocycles. The van der Waals surface area contributed by atoms with Crippen LogP contribution in [0.25, 0.3) is 0 Å². The fourth-order valence-corrected chi connectivity index (χ4v) is 5.75. The first kappa shape index (κ1) is 29.0. The van der Waals surface area contributed by atoms with Crippen molar-refractivity contribution < 1.29 is 27.6 Å². The lowest BCUT2D eigenvalue weighted by molar-refractivity contribution is 0.0517. The van der Waals surface area contributed by atoms with E-state index in [0.29, 0.717) is 11.3 Å². The minimum Gasteiger partial charge on any atom is -0.497 e. The smallest absolute Gasteiger partial charge is 0.365 e. The van der Waals surface area contributed by atoms with E-state index in [4.69, 9.17) is 9.57 Å². The monoisotopic (exact) mass is 590 g/mol. The second-order valence-electron chi connectivity index (χ2n) is 9.18. The first-order valence-corrected chi connectivity index (χ1v) is 14.6. The number of carbonyl (C=O) groups excluding carboxylic acids is 2. The number of rotatable bonds is 9. The molecule has 214 valence electrons. The highest BCUT2D eigenvalue weighted by Crippen LogP contribution is 2.32. The molecule has 0 unspecified atom stereocenters. The summed E-state index contributed by atoms with van der Waals surface area (Å²) in [6, 6.07) is 37.5. The molecule has 0 heterocycles. The van der Waals surface area contributed by atoms with Crippen molar-refractivity contribution in [1.82, 2.24) is 0 Å². The maximum atomic E-state index is 14.2. The van der Waals surface area contributed by atoms with Gasteiger partial charge in [0.25, 0.3) is 15.9 Å². The van der Waals surface area contributed by atoms with Gasteiger partial charge < -0.3 is 9.57 Å². The van der Waals surface area contributed by atoms with Gasteiger partial charge in [-0.2, -0.15) is 4.31 Å². The molecule has 0 spiro atoms. The highest BCUT2D eigenvalue weighted by molar-refractivity contribution is 7.93. The van der Waals surface area contributed by atoms with Crippen LogP contribution in [0.2, 0.25) is 0 Å². The molecule has 8 nitrogen and oxygen atoms in total. The van der Waals surface area contributed by atoms with Crippen molar-refractivity contribution in [3.05, 3.63) is 162 Å². The van der Waals surface area contributed by atoms with Gasteiger partial charge in [0.05, 0.1) is 23.3 Å². The van der Waals surface area contributed by atoms with Gasteiger partial charge in [0.2, 0.25) is 0 Å². The first-order valence-electron chi connectivity index (χ1n) is 13.2. The number of para-hydroxylation sites is 1. The fourth-order valence-electron chi connectivity index (χ4n) is 4.32. The zero-order chi connectivity index (χ0) is 30.2. The van der Waals surface area contributed by atoms with Crippen LogP contribution in [0.3, 0.4) is 0 Å². The van der Waals surface area contributed by atoms with Gasteiger partial charge in [-0.3, -0.25) is 4.79 Å². The minimum atomic E-state index is -4.47. The molecule has 0 atom stereocenters. The third kappa shape index (κ3) is 6.37. The van der Waals surface area contributed by atoms with Crippen LogP contribution in [0.15, 0.2) is 150 Å². The summed E-state index contributed by atoms with van der Waals surface area (Å²) in [5.41, 5.74) is 1.39. The molecule has 1 amide bonds. The Hall–Kier alpha value is -5.54. The number of sulfonamides is 1. The van der Waals surface area contributed by atoms with Gasteiger partial charge in [0.15, 0.2) is 0 Å². The Morgan fingerprint density at radius 2 is 1.14 bits per heavy atom. The maximum Gasteiger partial charge on any atom is 0.365 e. The Balaban J connectivity index is 1.69. The Morgan fingerprint density at radius 3 is 1.72 bits per heavy atom. The predicted molar refractivity (Wildman–Crippen MR) is 164 cm³/mol. The van der Waals surface area contributed by atoms with Crippen molar-refractivity contribution in [2.75, 3.05) is 11.4 Å². The van der Waals surface area contributed by atoms with Crippen LogP contribution in [-0.2, 0) is 14.9 Å². The lowest BCUT2D eigenvalue weighted by Gasteiger charge is -2.25. The van der Waals surface area contributed by atoms with Crippen LogP contribution >= 0.6 is 0 Å². The van der Waals surface area contributed by atoms with Crippen molar-refractivity contribution in [3.8, 4) is 5.75 Å². The third-order valence-corrected chi connectivity index (χ3v) is 8.17. The Labute approximate surface area is 249 Å². The summed E-state index contributed by atoms with van der Waals surface area (Å²) in [6.45, 7) is 0. The van der Waals surface area contributed by atoms with Crippen LogP contribution in [0.1, 0.15) is 31.8 Å². The molecule has 0 aliphatic heterocycles. The standard InChI is InChI=1S/C34H26N2O6S/c1-41-28-21-23-29(24-22-28)43(39,40)36(33(37)26-15-7-3-8-16-26)31-20-12-11-19-30(31)32(25-13-5-2-6-14-25)35-42-34(38)27-17-9-4-10-18-27/h2-24H,1H3/b35-32-. The number of amides is 1. The number of hydrogen-bond acceptors (Lipinski definition) is 7. The number of ether oxygens (including phenoxy) is 1. The zero-order valence-corrected chi connectivity index (χ0v) is 23.8. The first-order chi connectivity index (χ1) is 20.9. The molecule has 9 heteroatoms. The number of oxime groups is 1. The van der Waals surface area contributed by atoms with E-state index in [0.717, 1.165) is 4.31 Å². The lowest BCUT2D eigenvalue weighted by Crippen LogP contribution is -2.38. The second-order valence-corrected chi connectivity index (χ2v) is 11.0. The van der Waals surface area contributed by atoms with Gasteiger partial charge in [-0.15, -0.1) is 0 Å². The molecule has 0 saturated carbocycles. The normalized spacial score (nSPS) is 11.4. The van der Waals surface area contributed by atoms with Crippen molar-refractivity contribution in [3.63, 3.8) is 0 Å². The summed E-state index contributed by atoms with van der Waals surface area (Å²) in [5.74, 6) is -1.02. The van der Waals surface area contributed by atoms with Crippen molar-refractivity contribution in [1.29, 1.82) is 0 Å². The predicted octanol–water partition coefficient (Wildman–Crippen LogP) is 6.34. The topological polar surface area (TPSA) is 102 Å². The number of hydrogen-bond donors (Lipinski definition) is 0. The summed E-state index contributed by atoms with van der Waals surface area (Å²) in [6.07, 6.45) is 0. The average molecular weight is 591 g/mol. The summed E-state index contributed by atoms with van der Waals surface area (Å²) in [5, 5.41) is 4.21. The Kier molecular flexibility index (Phi) is 8.74. The maximum absolute atomic E-state index is 14.2. The van der Waals surface area contributed by atoms with Gasteiger partial charge in [0, 0.05) is 16.7 Å². The molecule has 0 radical (unpaired) electrons. The minimum absolute atomic E-state index is 0.0190. The molecule has 0 fully saturated rings. The van der Waals surface area contributed by atoms with Crippen LogP contribution in [-0.4, -0.2) is 33.1 Å².